The van der Waals surface area contributed by atoms with E-state index in [1.165, 1.54) is 36.4 Å². The summed E-state index contributed by atoms with van der Waals surface area (Å²) in [4.78, 5) is 0. The zero-order valence-corrected chi connectivity index (χ0v) is 9.71. The van der Waals surface area contributed by atoms with Crippen LogP contribution < -0.4 is 0 Å². The van der Waals surface area contributed by atoms with Crippen molar-refractivity contribution in [2.45, 2.75) is 12.8 Å². The molecule has 0 amide bonds. The van der Waals surface area contributed by atoms with Gasteiger partial charge in [0.05, 0.1) is 12.2 Å². The fourth-order valence-electron chi connectivity index (χ4n) is 1.88. The van der Waals surface area contributed by atoms with Gasteiger partial charge in [-0.25, -0.2) is 4.39 Å². The summed E-state index contributed by atoms with van der Waals surface area (Å²) in [6.45, 7) is -0.562. The normalized spacial score (nSPS) is 11.6. The maximum Gasteiger partial charge on any atom is 0.417 e. The molecule has 1 N–H and O–H groups in total. The Morgan fingerprint density at radius 3 is 2.16 bits per heavy atom. The van der Waals surface area contributed by atoms with Gasteiger partial charge < -0.3 is 5.11 Å². The molecule has 19 heavy (non-hydrogen) atoms. The van der Waals surface area contributed by atoms with Gasteiger partial charge in [0.1, 0.15) is 5.82 Å². The molecule has 2 aromatic carbocycles. The predicted molar refractivity (Wildman–Crippen MR) is 62.8 cm³/mol. The van der Waals surface area contributed by atoms with Crippen molar-refractivity contribution in [3.8, 4) is 11.1 Å². The molecule has 0 radical (unpaired) electrons. The van der Waals surface area contributed by atoms with Gasteiger partial charge in [0.15, 0.2) is 0 Å². The molecule has 0 atom stereocenters. The van der Waals surface area contributed by atoms with Gasteiger partial charge in [-0.3, -0.25) is 0 Å². The lowest BCUT2D eigenvalue weighted by atomic mass is 9.97. The summed E-state index contributed by atoms with van der Waals surface area (Å²) in [5.41, 5.74) is -1.33. The van der Waals surface area contributed by atoms with Crippen LogP contribution in [0.3, 0.4) is 0 Å². The first-order valence-electron chi connectivity index (χ1n) is 5.50. The van der Waals surface area contributed by atoms with Crippen LogP contribution in [0.5, 0.6) is 0 Å². The lowest BCUT2D eigenvalue weighted by molar-refractivity contribution is -0.137. The number of halogens is 4. The molecule has 1 nitrogen and oxygen atoms in total. The third-order valence-corrected chi connectivity index (χ3v) is 2.77. The molecule has 0 saturated heterocycles. The van der Waals surface area contributed by atoms with E-state index in [-0.39, 0.29) is 16.7 Å². The zero-order chi connectivity index (χ0) is 14.0. The maximum atomic E-state index is 14.0. The maximum absolute atomic E-state index is 14.0. The van der Waals surface area contributed by atoms with E-state index in [2.05, 4.69) is 0 Å². The van der Waals surface area contributed by atoms with Crippen LogP contribution in [0.25, 0.3) is 11.1 Å². The number of aliphatic hydroxyl groups is 1. The fourth-order valence-corrected chi connectivity index (χ4v) is 1.88. The van der Waals surface area contributed by atoms with E-state index in [1.54, 1.807) is 0 Å². The lowest BCUT2D eigenvalue weighted by Crippen LogP contribution is -2.07. The predicted octanol–water partition coefficient (Wildman–Crippen LogP) is 4.00. The second-order valence-corrected chi connectivity index (χ2v) is 3.98. The minimum absolute atomic E-state index is 0.0329. The average Bonchev–Trinajstić information content (AvgIpc) is 2.38. The Bertz CT molecular complexity index is 590. The second-order valence-electron chi connectivity index (χ2n) is 3.98. The summed E-state index contributed by atoms with van der Waals surface area (Å²) in [5, 5.41) is 8.96. The Balaban J connectivity index is 2.67. The van der Waals surface area contributed by atoms with E-state index >= 15 is 0 Å². The van der Waals surface area contributed by atoms with Crippen LogP contribution >= 0.6 is 0 Å². The third kappa shape index (κ3) is 2.61. The third-order valence-electron chi connectivity index (χ3n) is 2.77. The summed E-state index contributed by atoms with van der Waals surface area (Å²) >= 11 is 0. The van der Waals surface area contributed by atoms with Gasteiger partial charge in [-0.15, -0.1) is 0 Å². The van der Waals surface area contributed by atoms with Crippen molar-refractivity contribution in [3.63, 3.8) is 0 Å². The van der Waals surface area contributed by atoms with E-state index < -0.39 is 24.2 Å². The monoisotopic (exact) mass is 270 g/mol. The lowest BCUT2D eigenvalue weighted by Gasteiger charge is -2.14. The molecular weight excluding hydrogens is 260 g/mol. The Labute approximate surface area is 107 Å². The highest BCUT2D eigenvalue weighted by molar-refractivity contribution is 5.69. The molecule has 0 aromatic heterocycles. The number of benzene rings is 2. The van der Waals surface area contributed by atoms with Gasteiger partial charge >= 0.3 is 6.18 Å². The van der Waals surface area contributed by atoms with Gasteiger partial charge in [0.25, 0.3) is 0 Å². The Morgan fingerprint density at radius 1 is 0.895 bits per heavy atom. The molecule has 0 fully saturated rings. The number of aliphatic hydroxyl groups excluding tert-OH is 1. The van der Waals surface area contributed by atoms with E-state index in [0.717, 1.165) is 6.07 Å². The molecule has 0 aliphatic rings. The molecule has 0 bridgehead atoms. The Morgan fingerprint density at radius 2 is 1.53 bits per heavy atom. The van der Waals surface area contributed by atoms with Crippen molar-refractivity contribution in [3.05, 3.63) is 59.4 Å². The molecule has 0 heterocycles. The Hall–Kier alpha value is -1.88. The van der Waals surface area contributed by atoms with Crippen molar-refractivity contribution in [1.29, 1.82) is 0 Å². The van der Waals surface area contributed by atoms with E-state index in [0.29, 0.717) is 0 Å². The quantitative estimate of drug-likeness (QED) is 0.818. The molecule has 0 unspecified atom stereocenters. The second kappa shape index (κ2) is 5.01. The van der Waals surface area contributed by atoms with Crippen LogP contribution in [0, 0.1) is 5.82 Å². The highest BCUT2D eigenvalue weighted by atomic mass is 19.4. The minimum atomic E-state index is -4.56. The molecule has 5 heteroatoms. The molecule has 2 rings (SSSR count). The summed E-state index contributed by atoms with van der Waals surface area (Å²) in [7, 11) is 0. The number of alkyl halides is 3. The van der Waals surface area contributed by atoms with Crippen LogP contribution in [0.2, 0.25) is 0 Å². The van der Waals surface area contributed by atoms with Crippen LogP contribution in [-0.2, 0) is 12.8 Å². The molecule has 0 aliphatic heterocycles. The van der Waals surface area contributed by atoms with Crippen LogP contribution in [0.4, 0.5) is 17.6 Å². The standard InChI is InChI=1S/C14H10F4O/c15-13-9(8-19)4-3-6-11(13)10-5-1-2-7-12(10)14(16,17)18/h1-7,19H,8H2. The van der Waals surface area contributed by atoms with Crippen molar-refractivity contribution in [2.24, 2.45) is 0 Å². The molecule has 100 valence electrons. The fraction of sp³-hybridized carbons (Fsp3) is 0.143. The van der Waals surface area contributed by atoms with E-state index in [4.69, 9.17) is 5.11 Å². The molecule has 0 spiro atoms. The SMILES string of the molecule is OCc1cccc(-c2ccccc2C(F)(F)F)c1F. The number of hydrogen-bond acceptors (Lipinski definition) is 1. The number of rotatable bonds is 2. The van der Waals surface area contributed by atoms with Gasteiger partial charge in [-0.2, -0.15) is 13.2 Å². The first-order valence-corrected chi connectivity index (χ1v) is 5.50. The van der Waals surface area contributed by atoms with E-state index in [9.17, 15) is 17.6 Å². The first-order chi connectivity index (χ1) is 8.95. The van der Waals surface area contributed by atoms with Crippen LogP contribution in [0.15, 0.2) is 42.5 Å². The van der Waals surface area contributed by atoms with Gasteiger partial charge in [0.2, 0.25) is 0 Å². The molecule has 2 aromatic rings. The number of hydrogen-bond donors (Lipinski definition) is 1. The van der Waals surface area contributed by atoms with Gasteiger partial charge in [-0.05, 0) is 11.6 Å². The van der Waals surface area contributed by atoms with Crippen LogP contribution in [0.1, 0.15) is 11.1 Å². The minimum Gasteiger partial charge on any atom is -0.392 e. The Kier molecular flexibility index (Phi) is 3.57. The highest BCUT2D eigenvalue weighted by Gasteiger charge is 2.33. The largest absolute Gasteiger partial charge is 0.417 e. The zero-order valence-electron chi connectivity index (χ0n) is 9.71. The summed E-state index contributed by atoms with van der Waals surface area (Å²) in [6, 6.07) is 8.78. The highest BCUT2D eigenvalue weighted by Crippen LogP contribution is 2.38. The van der Waals surface area contributed by atoms with Gasteiger partial charge in [-0.1, -0.05) is 36.4 Å². The summed E-state index contributed by atoms with van der Waals surface area (Å²) in [6.07, 6.45) is -4.56. The van der Waals surface area contributed by atoms with Crippen molar-refractivity contribution in [2.75, 3.05) is 0 Å². The molecule has 0 aliphatic carbocycles. The van der Waals surface area contributed by atoms with Gasteiger partial charge in [0, 0.05) is 11.1 Å². The average molecular weight is 270 g/mol. The smallest absolute Gasteiger partial charge is 0.392 e. The molecular formula is C14H10F4O. The van der Waals surface area contributed by atoms with Crippen LogP contribution in [-0.4, -0.2) is 5.11 Å². The van der Waals surface area contributed by atoms with E-state index in [1.807, 2.05) is 0 Å². The summed E-state index contributed by atoms with van der Waals surface area (Å²) < 4.78 is 52.6. The summed E-state index contributed by atoms with van der Waals surface area (Å²) in [5.74, 6) is -0.832. The van der Waals surface area contributed by atoms with Crippen molar-refractivity contribution in [1.82, 2.24) is 0 Å². The van der Waals surface area contributed by atoms with Crippen molar-refractivity contribution < 1.29 is 22.7 Å². The topological polar surface area (TPSA) is 20.2 Å². The first kappa shape index (κ1) is 13.5. The van der Waals surface area contributed by atoms with Crippen molar-refractivity contribution >= 4 is 0 Å². The molecule has 0 saturated carbocycles.